The first-order valence-corrected chi connectivity index (χ1v) is 8.15. The normalized spacial score (nSPS) is 10.6. The second kappa shape index (κ2) is 10.9. The lowest BCUT2D eigenvalue weighted by molar-refractivity contribution is 0.131. The summed E-state index contributed by atoms with van der Waals surface area (Å²) in [4.78, 5) is 8.66. The molecule has 0 spiro atoms. The number of nitrogens with one attached hydrogen (secondary N) is 2. The zero-order valence-electron chi connectivity index (χ0n) is 12.4. The summed E-state index contributed by atoms with van der Waals surface area (Å²) in [6, 6.07) is 0. The third kappa shape index (κ3) is 7.05. The van der Waals surface area contributed by atoms with Crippen molar-refractivity contribution in [1.82, 2.24) is 9.97 Å². The van der Waals surface area contributed by atoms with E-state index < -0.39 is 0 Å². The van der Waals surface area contributed by atoms with Gasteiger partial charge in [-0.1, -0.05) is 20.3 Å². The Bertz CT molecular complexity index is 376. The molecule has 1 rings (SSSR count). The molecule has 0 aliphatic rings. The van der Waals surface area contributed by atoms with Gasteiger partial charge in [0.1, 0.15) is 5.82 Å². The van der Waals surface area contributed by atoms with E-state index in [4.69, 9.17) is 4.74 Å². The maximum Gasteiger partial charge on any atom is 0.224 e. The second-order valence-electron chi connectivity index (χ2n) is 4.56. The van der Waals surface area contributed by atoms with Crippen LogP contribution in [0.5, 0.6) is 0 Å². The Hall–Kier alpha value is -0.880. The van der Waals surface area contributed by atoms with Crippen LogP contribution < -0.4 is 10.6 Å². The first-order valence-electron chi connectivity index (χ1n) is 7.36. The Balaban J connectivity index is 2.27. The largest absolute Gasteiger partial charge is 0.381 e. The van der Waals surface area contributed by atoms with Crippen molar-refractivity contribution < 1.29 is 4.74 Å². The van der Waals surface area contributed by atoms with Crippen LogP contribution >= 0.6 is 15.9 Å². The Morgan fingerprint density at radius 3 is 2.65 bits per heavy atom. The van der Waals surface area contributed by atoms with Crippen molar-refractivity contribution in [3.8, 4) is 0 Å². The third-order valence-corrected chi connectivity index (χ3v) is 3.26. The van der Waals surface area contributed by atoms with Crippen LogP contribution in [0.25, 0.3) is 0 Å². The summed E-state index contributed by atoms with van der Waals surface area (Å²) < 4.78 is 6.40. The van der Waals surface area contributed by atoms with Gasteiger partial charge in [-0.05, 0) is 35.2 Å². The van der Waals surface area contributed by atoms with Crippen molar-refractivity contribution in [2.75, 3.05) is 36.9 Å². The van der Waals surface area contributed by atoms with E-state index in [-0.39, 0.29) is 0 Å². The fourth-order valence-electron chi connectivity index (χ4n) is 1.54. The van der Waals surface area contributed by atoms with Gasteiger partial charge in [-0.25, -0.2) is 4.98 Å². The summed E-state index contributed by atoms with van der Waals surface area (Å²) in [5, 5.41) is 6.48. The molecule has 0 radical (unpaired) electrons. The fourth-order valence-corrected chi connectivity index (χ4v) is 1.87. The standard InChI is InChI=1S/C14H25BrN4O/c1-3-5-9-20-10-6-8-16-13-12(15)11-18-14(19-13)17-7-4-2/h11H,3-10H2,1-2H3,(H2,16,17,18,19). The zero-order valence-corrected chi connectivity index (χ0v) is 14.0. The molecule has 6 heteroatoms. The van der Waals surface area contributed by atoms with E-state index in [0.29, 0.717) is 5.95 Å². The number of ether oxygens (including phenoxy) is 1. The van der Waals surface area contributed by atoms with Crippen molar-refractivity contribution in [3.63, 3.8) is 0 Å². The number of unbranched alkanes of at least 4 members (excludes halogenated alkanes) is 1. The number of rotatable bonds is 11. The number of halogens is 1. The van der Waals surface area contributed by atoms with Gasteiger partial charge in [0.05, 0.1) is 4.47 Å². The van der Waals surface area contributed by atoms with Crippen molar-refractivity contribution in [2.45, 2.75) is 39.5 Å². The Labute approximate surface area is 130 Å². The van der Waals surface area contributed by atoms with Crippen LogP contribution in [0.4, 0.5) is 11.8 Å². The highest BCUT2D eigenvalue weighted by Gasteiger charge is 2.04. The number of hydrogen-bond donors (Lipinski definition) is 2. The molecule has 5 nitrogen and oxygen atoms in total. The topological polar surface area (TPSA) is 59.1 Å². The molecule has 0 atom stereocenters. The molecule has 2 N–H and O–H groups in total. The summed E-state index contributed by atoms with van der Waals surface area (Å²) in [5.41, 5.74) is 0. The first kappa shape index (κ1) is 17.2. The molecule has 0 amide bonds. The van der Waals surface area contributed by atoms with Gasteiger partial charge in [0.2, 0.25) is 5.95 Å². The van der Waals surface area contributed by atoms with E-state index in [2.05, 4.69) is 50.4 Å². The number of aromatic nitrogens is 2. The molecule has 1 heterocycles. The van der Waals surface area contributed by atoms with Gasteiger partial charge in [0.25, 0.3) is 0 Å². The fraction of sp³-hybridized carbons (Fsp3) is 0.714. The average molecular weight is 345 g/mol. The summed E-state index contributed by atoms with van der Waals surface area (Å²) in [6.07, 6.45) is 6.11. The van der Waals surface area contributed by atoms with Gasteiger partial charge < -0.3 is 15.4 Å². The molecule has 0 saturated heterocycles. The lowest BCUT2D eigenvalue weighted by atomic mass is 10.3. The summed E-state index contributed by atoms with van der Waals surface area (Å²) >= 11 is 3.46. The molecule has 1 aromatic heterocycles. The lowest BCUT2D eigenvalue weighted by Crippen LogP contribution is -2.10. The van der Waals surface area contributed by atoms with Crippen molar-refractivity contribution >= 4 is 27.7 Å². The van der Waals surface area contributed by atoms with Crippen LogP contribution in [0, 0.1) is 0 Å². The van der Waals surface area contributed by atoms with Crippen molar-refractivity contribution in [3.05, 3.63) is 10.7 Å². The highest BCUT2D eigenvalue weighted by molar-refractivity contribution is 9.10. The first-order chi connectivity index (χ1) is 9.77. The van der Waals surface area contributed by atoms with E-state index in [9.17, 15) is 0 Å². The van der Waals surface area contributed by atoms with E-state index in [1.807, 2.05) is 0 Å². The third-order valence-electron chi connectivity index (χ3n) is 2.68. The molecule has 0 bridgehead atoms. The Kier molecular flexibility index (Phi) is 9.32. The lowest BCUT2D eigenvalue weighted by Gasteiger charge is -2.10. The number of hydrogen-bond acceptors (Lipinski definition) is 5. The van der Waals surface area contributed by atoms with Crippen LogP contribution in [0.15, 0.2) is 10.7 Å². The quantitative estimate of drug-likeness (QED) is 0.599. The van der Waals surface area contributed by atoms with Crippen LogP contribution in [-0.4, -0.2) is 36.3 Å². The minimum absolute atomic E-state index is 0.664. The SMILES string of the molecule is CCCCOCCCNc1nc(NCCC)ncc1Br. The van der Waals surface area contributed by atoms with Gasteiger partial charge >= 0.3 is 0 Å². The van der Waals surface area contributed by atoms with E-state index in [0.717, 1.165) is 55.9 Å². The maximum absolute atomic E-state index is 5.52. The molecule has 114 valence electrons. The molecule has 20 heavy (non-hydrogen) atoms. The molecule has 0 fully saturated rings. The minimum Gasteiger partial charge on any atom is -0.381 e. The highest BCUT2D eigenvalue weighted by atomic mass is 79.9. The van der Waals surface area contributed by atoms with E-state index in [1.165, 1.54) is 6.42 Å². The summed E-state index contributed by atoms with van der Waals surface area (Å²) in [7, 11) is 0. The molecular formula is C14H25BrN4O. The van der Waals surface area contributed by atoms with Gasteiger partial charge in [0.15, 0.2) is 0 Å². The molecule has 0 saturated carbocycles. The molecule has 0 unspecified atom stereocenters. The van der Waals surface area contributed by atoms with E-state index >= 15 is 0 Å². The van der Waals surface area contributed by atoms with Gasteiger partial charge in [-0.2, -0.15) is 4.98 Å². The molecule has 0 aliphatic carbocycles. The smallest absolute Gasteiger partial charge is 0.224 e. The van der Waals surface area contributed by atoms with Crippen molar-refractivity contribution in [2.24, 2.45) is 0 Å². The predicted octanol–water partition coefficient (Wildman–Crippen LogP) is 3.68. The number of anilines is 2. The van der Waals surface area contributed by atoms with Crippen LogP contribution in [-0.2, 0) is 4.74 Å². The zero-order chi connectivity index (χ0) is 14.6. The van der Waals surface area contributed by atoms with Crippen LogP contribution in [0.3, 0.4) is 0 Å². The predicted molar refractivity (Wildman–Crippen MR) is 87.3 cm³/mol. The van der Waals surface area contributed by atoms with E-state index in [1.54, 1.807) is 6.20 Å². The van der Waals surface area contributed by atoms with Crippen molar-refractivity contribution in [1.29, 1.82) is 0 Å². The second-order valence-corrected chi connectivity index (χ2v) is 5.42. The number of nitrogens with zero attached hydrogens (tertiary/aromatic N) is 2. The molecule has 1 aromatic rings. The summed E-state index contributed by atoms with van der Waals surface area (Å²) in [5.74, 6) is 1.49. The highest BCUT2D eigenvalue weighted by Crippen LogP contribution is 2.19. The molecular weight excluding hydrogens is 320 g/mol. The Morgan fingerprint density at radius 2 is 1.90 bits per heavy atom. The maximum atomic E-state index is 5.52. The average Bonchev–Trinajstić information content (AvgIpc) is 2.46. The van der Waals surface area contributed by atoms with Gasteiger partial charge in [-0.15, -0.1) is 0 Å². The van der Waals surface area contributed by atoms with Crippen LogP contribution in [0.1, 0.15) is 39.5 Å². The summed E-state index contributed by atoms with van der Waals surface area (Å²) in [6.45, 7) is 7.65. The Morgan fingerprint density at radius 1 is 1.10 bits per heavy atom. The van der Waals surface area contributed by atoms with Crippen LogP contribution in [0.2, 0.25) is 0 Å². The minimum atomic E-state index is 0.664. The molecule has 0 aromatic carbocycles. The molecule has 0 aliphatic heterocycles. The van der Waals surface area contributed by atoms with Gasteiger partial charge in [0, 0.05) is 32.5 Å². The monoisotopic (exact) mass is 344 g/mol. The van der Waals surface area contributed by atoms with Gasteiger partial charge in [-0.3, -0.25) is 0 Å².